The van der Waals surface area contributed by atoms with Crippen molar-refractivity contribution in [3.8, 4) is 0 Å². The lowest BCUT2D eigenvalue weighted by Gasteiger charge is -2.36. The van der Waals surface area contributed by atoms with Gasteiger partial charge in [0.15, 0.2) is 0 Å². The van der Waals surface area contributed by atoms with Gasteiger partial charge in [-0.3, -0.25) is 15.0 Å². The number of benzene rings is 2. The number of nitro benzene ring substituents is 1. The van der Waals surface area contributed by atoms with Crippen molar-refractivity contribution in [3.63, 3.8) is 0 Å². The standard InChI is InChI=1S/C17H18FN3O2/c18-15-3-1-14(2-4-15)13-19-9-11-20(12-10-19)16-5-7-17(8-6-16)21(22)23/h1-8H,9-13H2. The molecule has 0 spiro atoms. The topological polar surface area (TPSA) is 49.6 Å². The van der Waals surface area contributed by atoms with E-state index in [0.717, 1.165) is 44.0 Å². The summed E-state index contributed by atoms with van der Waals surface area (Å²) in [7, 11) is 0. The fourth-order valence-electron chi connectivity index (χ4n) is 2.80. The Morgan fingerprint density at radius 1 is 0.957 bits per heavy atom. The van der Waals surface area contributed by atoms with Crippen molar-refractivity contribution in [3.05, 3.63) is 70.0 Å². The van der Waals surface area contributed by atoms with Gasteiger partial charge in [0.05, 0.1) is 4.92 Å². The maximum atomic E-state index is 12.9. The third kappa shape index (κ3) is 3.84. The van der Waals surface area contributed by atoms with Crippen LogP contribution in [0.4, 0.5) is 15.8 Å². The molecule has 0 radical (unpaired) electrons. The summed E-state index contributed by atoms with van der Waals surface area (Å²) in [5.74, 6) is -0.211. The Kier molecular flexibility index (Phi) is 4.52. The normalized spacial score (nSPS) is 15.6. The summed E-state index contributed by atoms with van der Waals surface area (Å²) in [5, 5.41) is 10.7. The number of rotatable bonds is 4. The molecule has 0 aromatic heterocycles. The van der Waals surface area contributed by atoms with Crippen LogP contribution in [0.5, 0.6) is 0 Å². The summed E-state index contributed by atoms with van der Waals surface area (Å²) in [6.45, 7) is 4.38. The molecule has 120 valence electrons. The molecule has 1 fully saturated rings. The van der Waals surface area contributed by atoms with Crippen LogP contribution in [0.25, 0.3) is 0 Å². The Labute approximate surface area is 134 Å². The molecule has 5 nitrogen and oxygen atoms in total. The van der Waals surface area contributed by atoms with E-state index in [1.807, 2.05) is 12.1 Å². The van der Waals surface area contributed by atoms with Crippen LogP contribution in [0.15, 0.2) is 48.5 Å². The fourth-order valence-corrected chi connectivity index (χ4v) is 2.80. The molecule has 0 N–H and O–H groups in total. The van der Waals surface area contributed by atoms with Crippen LogP contribution in [-0.4, -0.2) is 36.0 Å². The molecule has 1 aliphatic heterocycles. The van der Waals surface area contributed by atoms with Gasteiger partial charge in [-0.15, -0.1) is 0 Å². The number of anilines is 1. The van der Waals surface area contributed by atoms with Crippen LogP contribution >= 0.6 is 0 Å². The first-order valence-electron chi connectivity index (χ1n) is 7.58. The zero-order chi connectivity index (χ0) is 16.2. The van der Waals surface area contributed by atoms with Crippen molar-refractivity contribution in [2.24, 2.45) is 0 Å². The largest absolute Gasteiger partial charge is 0.369 e. The van der Waals surface area contributed by atoms with Crippen LogP contribution in [0, 0.1) is 15.9 Å². The molecule has 23 heavy (non-hydrogen) atoms. The van der Waals surface area contributed by atoms with E-state index in [9.17, 15) is 14.5 Å². The number of piperazine rings is 1. The van der Waals surface area contributed by atoms with Crippen molar-refractivity contribution in [1.29, 1.82) is 0 Å². The highest BCUT2D eigenvalue weighted by molar-refractivity contribution is 5.51. The first-order chi connectivity index (χ1) is 11.1. The minimum absolute atomic E-state index is 0.115. The quantitative estimate of drug-likeness (QED) is 0.643. The number of non-ortho nitro benzene ring substituents is 1. The van der Waals surface area contributed by atoms with Crippen LogP contribution in [0.3, 0.4) is 0 Å². The van der Waals surface area contributed by atoms with E-state index >= 15 is 0 Å². The van der Waals surface area contributed by atoms with Crippen molar-refractivity contribution in [1.82, 2.24) is 4.90 Å². The number of nitrogens with zero attached hydrogens (tertiary/aromatic N) is 3. The zero-order valence-electron chi connectivity index (χ0n) is 12.7. The predicted molar refractivity (Wildman–Crippen MR) is 87.0 cm³/mol. The van der Waals surface area contributed by atoms with E-state index in [1.165, 1.54) is 12.1 Å². The Bertz CT molecular complexity index is 665. The first kappa shape index (κ1) is 15.4. The molecule has 2 aromatic carbocycles. The van der Waals surface area contributed by atoms with Gasteiger partial charge in [0.1, 0.15) is 5.82 Å². The summed E-state index contributed by atoms with van der Waals surface area (Å²) in [6, 6.07) is 13.3. The van der Waals surface area contributed by atoms with E-state index in [1.54, 1.807) is 24.3 Å². The monoisotopic (exact) mass is 315 g/mol. The highest BCUT2D eigenvalue weighted by Crippen LogP contribution is 2.21. The van der Waals surface area contributed by atoms with Crippen LogP contribution in [0.1, 0.15) is 5.56 Å². The molecule has 0 saturated carbocycles. The van der Waals surface area contributed by atoms with Gasteiger partial charge in [-0.2, -0.15) is 0 Å². The molecular formula is C17H18FN3O2. The van der Waals surface area contributed by atoms with E-state index in [-0.39, 0.29) is 16.4 Å². The summed E-state index contributed by atoms with van der Waals surface area (Å²) in [5.41, 5.74) is 2.23. The second-order valence-corrected chi connectivity index (χ2v) is 5.66. The van der Waals surface area contributed by atoms with Crippen LogP contribution in [0.2, 0.25) is 0 Å². The maximum Gasteiger partial charge on any atom is 0.269 e. The third-order valence-corrected chi connectivity index (χ3v) is 4.12. The van der Waals surface area contributed by atoms with E-state index in [4.69, 9.17) is 0 Å². The van der Waals surface area contributed by atoms with Crippen LogP contribution < -0.4 is 4.90 Å². The number of nitro groups is 1. The lowest BCUT2D eigenvalue weighted by Crippen LogP contribution is -2.45. The van der Waals surface area contributed by atoms with E-state index in [0.29, 0.717) is 0 Å². The second-order valence-electron chi connectivity index (χ2n) is 5.66. The van der Waals surface area contributed by atoms with Gasteiger partial charge in [-0.05, 0) is 29.8 Å². The van der Waals surface area contributed by atoms with Crippen LogP contribution in [-0.2, 0) is 6.54 Å². The van der Waals surface area contributed by atoms with Gasteiger partial charge >= 0.3 is 0 Å². The molecule has 1 saturated heterocycles. The molecule has 0 amide bonds. The molecule has 0 unspecified atom stereocenters. The molecule has 0 aliphatic carbocycles. The van der Waals surface area contributed by atoms with Gasteiger partial charge in [0, 0.05) is 50.5 Å². The Balaban J connectivity index is 1.55. The zero-order valence-corrected chi connectivity index (χ0v) is 12.7. The molecule has 2 aromatic rings. The highest BCUT2D eigenvalue weighted by atomic mass is 19.1. The van der Waals surface area contributed by atoms with Crippen molar-refractivity contribution in [2.75, 3.05) is 31.1 Å². The van der Waals surface area contributed by atoms with Crippen molar-refractivity contribution in [2.45, 2.75) is 6.54 Å². The van der Waals surface area contributed by atoms with E-state index < -0.39 is 0 Å². The second kappa shape index (κ2) is 6.75. The summed E-state index contributed by atoms with van der Waals surface area (Å²) in [4.78, 5) is 14.9. The minimum Gasteiger partial charge on any atom is -0.369 e. The molecule has 3 rings (SSSR count). The summed E-state index contributed by atoms with van der Waals surface area (Å²) >= 11 is 0. The fraction of sp³-hybridized carbons (Fsp3) is 0.294. The molecule has 0 bridgehead atoms. The lowest BCUT2D eigenvalue weighted by atomic mass is 10.2. The maximum absolute atomic E-state index is 12.9. The smallest absolute Gasteiger partial charge is 0.269 e. The average molecular weight is 315 g/mol. The molecule has 1 aliphatic rings. The van der Waals surface area contributed by atoms with Gasteiger partial charge in [-0.25, -0.2) is 4.39 Å². The van der Waals surface area contributed by atoms with Crippen molar-refractivity contribution < 1.29 is 9.31 Å². The molecule has 1 heterocycles. The predicted octanol–water partition coefficient (Wildman–Crippen LogP) is 3.06. The number of hydrogen-bond donors (Lipinski definition) is 0. The van der Waals surface area contributed by atoms with Gasteiger partial charge in [0.25, 0.3) is 5.69 Å². The first-order valence-corrected chi connectivity index (χ1v) is 7.58. The summed E-state index contributed by atoms with van der Waals surface area (Å²) < 4.78 is 12.9. The average Bonchev–Trinajstić information content (AvgIpc) is 2.58. The Hall–Kier alpha value is -2.47. The molecular weight excluding hydrogens is 297 g/mol. The summed E-state index contributed by atoms with van der Waals surface area (Å²) in [6.07, 6.45) is 0. The number of hydrogen-bond acceptors (Lipinski definition) is 4. The minimum atomic E-state index is -0.385. The Morgan fingerprint density at radius 3 is 2.13 bits per heavy atom. The Morgan fingerprint density at radius 2 is 1.57 bits per heavy atom. The van der Waals surface area contributed by atoms with E-state index in [2.05, 4.69) is 9.80 Å². The SMILES string of the molecule is O=[N+]([O-])c1ccc(N2CCN(Cc3ccc(F)cc3)CC2)cc1. The van der Waals surface area contributed by atoms with Gasteiger partial charge < -0.3 is 4.90 Å². The van der Waals surface area contributed by atoms with Gasteiger partial charge in [-0.1, -0.05) is 12.1 Å². The highest BCUT2D eigenvalue weighted by Gasteiger charge is 2.18. The third-order valence-electron chi connectivity index (χ3n) is 4.12. The van der Waals surface area contributed by atoms with Crippen molar-refractivity contribution >= 4 is 11.4 Å². The molecule has 0 atom stereocenters. The molecule has 6 heteroatoms. The number of halogens is 1. The van der Waals surface area contributed by atoms with Gasteiger partial charge in [0.2, 0.25) is 0 Å². The lowest BCUT2D eigenvalue weighted by molar-refractivity contribution is -0.384.